The van der Waals surface area contributed by atoms with Crippen molar-refractivity contribution in [3.05, 3.63) is 121 Å². The number of thiophene rings is 1. The van der Waals surface area contributed by atoms with E-state index in [2.05, 4.69) is 97.1 Å². The predicted molar refractivity (Wildman–Crippen MR) is 149 cm³/mol. The second kappa shape index (κ2) is 8.15. The molecular weight excluding hydrogens is 444 g/mol. The van der Waals surface area contributed by atoms with E-state index in [-0.39, 0.29) is 0 Å². The van der Waals surface area contributed by atoms with Gasteiger partial charge in [-0.25, -0.2) is 9.97 Å². The zero-order chi connectivity index (χ0) is 23.2. The Kier molecular flexibility index (Phi) is 4.68. The largest absolute Gasteiger partial charge is 0.226 e. The van der Waals surface area contributed by atoms with Gasteiger partial charge in [-0.05, 0) is 28.0 Å². The Bertz CT molecular complexity index is 1820. The molecule has 0 saturated heterocycles. The van der Waals surface area contributed by atoms with Gasteiger partial charge in [-0.2, -0.15) is 0 Å². The maximum atomic E-state index is 5.13. The van der Waals surface area contributed by atoms with Crippen molar-refractivity contribution in [1.29, 1.82) is 0 Å². The Morgan fingerprint density at radius 3 is 1.89 bits per heavy atom. The molecule has 0 unspecified atom stereocenters. The first-order chi connectivity index (χ1) is 17.3. The third-order valence-electron chi connectivity index (χ3n) is 6.50. The van der Waals surface area contributed by atoms with E-state index in [0.29, 0.717) is 0 Å². The molecule has 5 aromatic carbocycles. The smallest absolute Gasteiger partial charge is 0.160 e. The maximum Gasteiger partial charge on any atom is 0.160 e. The summed E-state index contributed by atoms with van der Waals surface area (Å²) in [4.78, 5) is 10.3. The summed E-state index contributed by atoms with van der Waals surface area (Å²) >= 11 is 1.78. The highest BCUT2D eigenvalue weighted by atomic mass is 32.1. The topological polar surface area (TPSA) is 25.8 Å². The van der Waals surface area contributed by atoms with E-state index in [9.17, 15) is 0 Å². The van der Waals surface area contributed by atoms with E-state index in [1.807, 2.05) is 24.3 Å². The van der Waals surface area contributed by atoms with Crippen LogP contribution < -0.4 is 0 Å². The third-order valence-corrected chi connectivity index (χ3v) is 7.65. The van der Waals surface area contributed by atoms with Crippen LogP contribution in [0.15, 0.2) is 121 Å². The molecule has 0 aliphatic rings. The van der Waals surface area contributed by atoms with E-state index in [4.69, 9.17) is 9.97 Å². The SMILES string of the molecule is c1ccc(-c2ccc(-c3nc(-c4ccccc4)nc4c3sc3ccc5ccccc5c34)cc2)cc1. The van der Waals surface area contributed by atoms with Crippen LogP contribution in [0.3, 0.4) is 0 Å². The van der Waals surface area contributed by atoms with Crippen molar-refractivity contribution in [2.24, 2.45) is 0 Å². The Hall–Kier alpha value is -4.34. The van der Waals surface area contributed by atoms with Gasteiger partial charge in [0.1, 0.15) is 0 Å². The molecule has 0 fully saturated rings. The minimum absolute atomic E-state index is 0.757. The van der Waals surface area contributed by atoms with Crippen LogP contribution in [-0.4, -0.2) is 9.97 Å². The van der Waals surface area contributed by atoms with E-state index in [1.165, 1.54) is 32.0 Å². The number of rotatable bonds is 3. The standard InChI is InChI=1S/C32H20N2S/c1-3-9-21(10-4-1)22-15-17-24(18-16-22)29-31-30(34-32(33-29)25-12-5-2-6-13-25)28-26-14-8-7-11-23(26)19-20-27(28)35-31/h1-20H. The van der Waals surface area contributed by atoms with Crippen molar-refractivity contribution in [3.63, 3.8) is 0 Å². The summed E-state index contributed by atoms with van der Waals surface area (Å²) in [6.07, 6.45) is 0. The molecule has 0 amide bonds. The Labute approximate surface area is 207 Å². The van der Waals surface area contributed by atoms with Crippen LogP contribution in [0.1, 0.15) is 0 Å². The lowest BCUT2D eigenvalue weighted by Gasteiger charge is -2.08. The first-order valence-electron chi connectivity index (χ1n) is 11.7. The summed E-state index contributed by atoms with van der Waals surface area (Å²) in [7, 11) is 0. The number of hydrogen-bond acceptors (Lipinski definition) is 3. The second-order valence-electron chi connectivity index (χ2n) is 8.64. The average molecular weight is 465 g/mol. The fourth-order valence-electron chi connectivity index (χ4n) is 4.77. The zero-order valence-corrected chi connectivity index (χ0v) is 19.7. The molecule has 0 aliphatic heterocycles. The number of fused-ring (bicyclic) bond motifs is 5. The minimum atomic E-state index is 0.757. The summed E-state index contributed by atoms with van der Waals surface area (Å²) < 4.78 is 2.36. The molecule has 0 N–H and O–H groups in total. The number of nitrogens with zero attached hydrogens (tertiary/aromatic N) is 2. The average Bonchev–Trinajstić information content (AvgIpc) is 3.33. The highest BCUT2D eigenvalue weighted by Crippen LogP contribution is 2.42. The van der Waals surface area contributed by atoms with Crippen LogP contribution in [0.25, 0.3) is 64.8 Å². The van der Waals surface area contributed by atoms with Crippen molar-refractivity contribution in [2.45, 2.75) is 0 Å². The fraction of sp³-hybridized carbons (Fsp3) is 0. The van der Waals surface area contributed by atoms with Crippen LogP contribution in [0.5, 0.6) is 0 Å². The molecule has 2 heterocycles. The van der Waals surface area contributed by atoms with Gasteiger partial charge in [0.2, 0.25) is 0 Å². The lowest BCUT2D eigenvalue weighted by Crippen LogP contribution is -1.93. The summed E-state index contributed by atoms with van der Waals surface area (Å²) in [5.74, 6) is 0.757. The quantitative estimate of drug-likeness (QED) is 0.261. The zero-order valence-electron chi connectivity index (χ0n) is 18.8. The van der Waals surface area contributed by atoms with Crippen LogP contribution in [-0.2, 0) is 0 Å². The van der Waals surface area contributed by atoms with Gasteiger partial charge in [0.25, 0.3) is 0 Å². The third kappa shape index (κ3) is 3.40. The molecule has 2 aromatic heterocycles. The molecule has 3 heteroatoms. The number of hydrogen-bond donors (Lipinski definition) is 0. The highest BCUT2D eigenvalue weighted by Gasteiger charge is 2.18. The molecule has 2 nitrogen and oxygen atoms in total. The van der Waals surface area contributed by atoms with Crippen LogP contribution in [0, 0.1) is 0 Å². The molecule has 0 radical (unpaired) electrons. The molecule has 35 heavy (non-hydrogen) atoms. The molecule has 7 rings (SSSR count). The molecule has 0 aliphatic carbocycles. The highest BCUT2D eigenvalue weighted by molar-refractivity contribution is 7.26. The number of benzene rings is 5. The molecule has 0 saturated carbocycles. The second-order valence-corrected chi connectivity index (χ2v) is 9.70. The van der Waals surface area contributed by atoms with Gasteiger partial charge in [-0.15, -0.1) is 11.3 Å². The Morgan fingerprint density at radius 2 is 1.11 bits per heavy atom. The molecule has 164 valence electrons. The van der Waals surface area contributed by atoms with Gasteiger partial charge in [-0.3, -0.25) is 0 Å². The van der Waals surface area contributed by atoms with Gasteiger partial charge in [0.05, 0.1) is 15.9 Å². The van der Waals surface area contributed by atoms with E-state index in [0.717, 1.165) is 32.9 Å². The summed E-state index contributed by atoms with van der Waals surface area (Å²) in [5, 5.41) is 3.68. The Morgan fingerprint density at radius 1 is 0.486 bits per heavy atom. The monoisotopic (exact) mass is 464 g/mol. The van der Waals surface area contributed by atoms with Crippen molar-refractivity contribution < 1.29 is 0 Å². The van der Waals surface area contributed by atoms with Crippen LogP contribution >= 0.6 is 11.3 Å². The van der Waals surface area contributed by atoms with Crippen LogP contribution in [0.4, 0.5) is 0 Å². The van der Waals surface area contributed by atoms with E-state index >= 15 is 0 Å². The molecule has 0 bridgehead atoms. The van der Waals surface area contributed by atoms with Crippen LogP contribution in [0.2, 0.25) is 0 Å². The minimum Gasteiger partial charge on any atom is -0.226 e. The van der Waals surface area contributed by atoms with E-state index in [1.54, 1.807) is 11.3 Å². The van der Waals surface area contributed by atoms with Crippen molar-refractivity contribution in [1.82, 2.24) is 9.97 Å². The van der Waals surface area contributed by atoms with Crippen molar-refractivity contribution in [3.8, 4) is 33.8 Å². The molecular formula is C32H20N2S. The summed E-state index contributed by atoms with van der Waals surface area (Å²) in [6.45, 7) is 0. The molecule has 0 atom stereocenters. The van der Waals surface area contributed by atoms with Gasteiger partial charge in [-0.1, -0.05) is 115 Å². The van der Waals surface area contributed by atoms with Gasteiger partial charge < -0.3 is 0 Å². The molecule has 7 aromatic rings. The summed E-state index contributed by atoms with van der Waals surface area (Å²) in [6, 6.07) is 42.5. The van der Waals surface area contributed by atoms with Crippen molar-refractivity contribution >= 4 is 42.4 Å². The first kappa shape index (κ1) is 20.1. The number of aromatic nitrogens is 2. The molecule has 0 spiro atoms. The first-order valence-corrected chi connectivity index (χ1v) is 12.5. The summed E-state index contributed by atoms with van der Waals surface area (Å²) in [5.41, 5.74) is 6.55. The maximum absolute atomic E-state index is 5.13. The lowest BCUT2D eigenvalue weighted by molar-refractivity contribution is 1.24. The normalized spacial score (nSPS) is 11.4. The van der Waals surface area contributed by atoms with Gasteiger partial charge in [0.15, 0.2) is 5.82 Å². The fourth-order valence-corrected chi connectivity index (χ4v) is 5.94. The van der Waals surface area contributed by atoms with E-state index < -0.39 is 0 Å². The van der Waals surface area contributed by atoms with Crippen molar-refractivity contribution in [2.75, 3.05) is 0 Å². The van der Waals surface area contributed by atoms with Gasteiger partial charge >= 0.3 is 0 Å². The lowest BCUT2D eigenvalue weighted by atomic mass is 10.0. The van der Waals surface area contributed by atoms with Gasteiger partial charge in [0, 0.05) is 21.2 Å². The Balaban J connectivity index is 1.51. The predicted octanol–water partition coefficient (Wildman–Crippen LogP) is 9.00.